The van der Waals surface area contributed by atoms with E-state index >= 15 is 0 Å². The zero-order valence-electron chi connectivity index (χ0n) is 19.1. The number of hydrogen-bond donors (Lipinski definition) is 2. The molecule has 4 atom stereocenters. The van der Waals surface area contributed by atoms with E-state index in [9.17, 15) is 9.59 Å². The fourth-order valence-corrected chi connectivity index (χ4v) is 5.27. The van der Waals surface area contributed by atoms with Crippen molar-refractivity contribution in [3.63, 3.8) is 0 Å². The standard InChI is InChI=1S/C15H19NO2.C12H13NO2/c1-2-15(17)16-9-10-8-13(10)11-4-3-5-14-12(11)6-7-18-14;13-12(14)10-6-9(10)7-2-1-3-11-8(7)4-5-15-11/h3-5,10,13H,2,6-9H2,1H3,(H,16,17);1-3,9-10H,4-6H2,(H2,13,14)/t10?,13-;9-,10?/m01/s1. The van der Waals surface area contributed by atoms with Gasteiger partial charge in [0.15, 0.2) is 0 Å². The number of ether oxygens (including phenoxy) is 2. The van der Waals surface area contributed by atoms with Gasteiger partial charge in [-0.25, -0.2) is 0 Å². The van der Waals surface area contributed by atoms with Crippen LogP contribution in [0.5, 0.6) is 11.5 Å². The summed E-state index contributed by atoms with van der Waals surface area (Å²) < 4.78 is 11.1. The maximum atomic E-state index is 11.2. The van der Waals surface area contributed by atoms with Crippen molar-refractivity contribution in [3.05, 3.63) is 58.7 Å². The molecule has 33 heavy (non-hydrogen) atoms. The van der Waals surface area contributed by atoms with Crippen LogP contribution in [0, 0.1) is 11.8 Å². The minimum Gasteiger partial charge on any atom is -0.493 e. The van der Waals surface area contributed by atoms with Crippen molar-refractivity contribution >= 4 is 11.8 Å². The van der Waals surface area contributed by atoms with Crippen LogP contribution in [0.15, 0.2) is 36.4 Å². The molecule has 0 bridgehead atoms. The zero-order chi connectivity index (χ0) is 22.9. The van der Waals surface area contributed by atoms with Crippen LogP contribution in [0.4, 0.5) is 0 Å². The molecule has 3 N–H and O–H groups in total. The molecule has 0 radical (unpaired) electrons. The van der Waals surface area contributed by atoms with Gasteiger partial charge in [0, 0.05) is 42.9 Å². The van der Waals surface area contributed by atoms with Crippen LogP contribution in [0.25, 0.3) is 0 Å². The maximum Gasteiger partial charge on any atom is 0.221 e. The van der Waals surface area contributed by atoms with Crippen molar-refractivity contribution in [2.75, 3.05) is 19.8 Å². The topological polar surface area (TPSA) is 90.6 Å². The maximum absolute atomic E-state index is 11.2. The van der Waals surface area contributed by atoms with Crippen LogP contribution in [0.3, 0.4) is 0 Å². The SMILES string of the molecule is CCC(=O)NCC1C[C@@H]1c1cccc2c1CCO2.NC(=O)C1C[C@@H]1c1cccc2c1CCO2. The molecule has 6 heteroatoms. The lowest BCUT2D eigenvalue weighted by Crippen LogP contribution is -2.24. The number of carbonyl (C=O) groups is 2. The van der Waals surface area contributed by atoms with Crippen molar-refractivity contribution in [1.29, 1.82) is 0 Å². The minimum absolute atomic E-state index is 0.0529. The Kier molecular flexibility index (Phi) is 6.00. The summed E-state index contributed by atoms with van der Waals surface area (Å²) in [4.78, 5) is 22.3. The van der Waals surface area contributed by atoms with E-state index in [1.807, 2.05) is 19.1 Å². The molecule has 2 aliphatic carbocycles. The lowest BCUT2D eigenvalue weighted by Gasteiger charge is -2.07. The number of primary amides is 1. The van der Waals surface area contributed by atoms with Gasteiger partial charge in [0.25, 0.3) is 0 Å². The molecule has 6 nitrogen and oxygen atoms in total. The van der Waals surface area contributed by atoms with Crippen LogP contribution < -0.4 is 20.5 Å². The van der Waals surface area contributed by atoms with Crippen LogP contribution in [0.1, 0.15) is 60.3 Å². The number of fused-ring (bicyclic) bond motifs is 2. The highest BCUT2D eigenvalue weighted by atomic mass is 16.5. The van der Waals surface area contributed by atoms with Gasteiger partial charge in [-0.1, -0.05) is 31.2 Å². The summed E-state index contributed by atoms with van der Waals surface area (Å²) >= 11 is 0. The number of nitrogens with one attached hydrogen (secondary N) is 1. The third-order valence-corrected chi connectivity index (χ3v) is 7.32. The van der Waals surface area contributed by atoms with Crippen LogP contribution in [-0.2, 0) is 22.4 Å². The Bertz CT molecular complexity index is 1070. The highest BCUT2D eigenvalue weighted by Gasteiger charge is 2.44. The van der Waals surface area contributed by atoms with Gasteiger partial charge in [-0.3, -0.25) is 9.59 Å². The van der Waals surface area contributed by atoms with E-state index in [0.717, 1.165) is 50.5 Å². The largest absolute Gasteiger partial charge is 0.493 e. The summed E-state index contributed by atoms with van der Waals surface area (Å²) in [6.45, 7) is 4.29. The first-order chi connectivity index (χ1) is 16.1. The Morgan fingerprint density at radius 1 is 0.939 bits per heavy atom. The molecule has 2 aromatic carbocycles. The first-order valence-electron chi connectivity index (χ1n) is 12.1. The van der Waals surface area contributed by atoms with E-state index in [2.05, 4.69) is 29.6 Å². The highest BCUT2D eigenvalue weighted by molar-refractivity contribution is 5.81. The second kappa shape index (κ2) is 9.08. The van der Waals surface area contributed by atoms with Crippen molar-refractivity contribution in [2.45, 2.75) is 50.9 Å². The summed E-state index contributed by atoms with van der Waals surface area (Å²) in [6.07, 6.45) is 4.68. The third-order valence-electron chi connectivity index (χ3n) is 7.32. The Labute approximate surface area is 194 Å². The van der Waals surface area contributed by atoms with E-state index in [0.29, 0.717) is 24.2 Å². The van der Waals surface area contributed by atoms with E-state index in [4.69, 9.17) is 15.2 Å². The Hall–Kier alpha value is -3.02. The molecule has 2 aliphatic heterocycles. The van der Waals surface area contributed by atoms with E-state index in [1.165, 1.54) is 28.7 Å². The van der Waals surface area contributed by atoms with Crippen LogP contribution in [-0.4, -0.2) is 31.6 Å². The lowest BCUT2D eigenvalue weighted by atomic mass is 10.00. The number of carbonyl (C=O) groups excluding carboxylic acids is 2. The normalized spacial score (nSPS) is 25.5. The molecule has 0 aromatic heterocycles. The first kappa shape index (κ1) is 21.8. The van der Waals surface area contributed by atoms with Crippen LogP contribution in [0.2, 0.25) is 0 Å². The van der Waals surface area contributed by atoms with Gasteiger partial charge in [0.05, 0.1) is 13.2 Å². The minimum atomic E-state index is -0.170. The van der Waals surface area contributed by atoms with Crippen molar-refractivity contribution < 1.29 is 19.1 Å². The molecule has 2 aromatic rings. The smallest absolute Gasteiger partial charge is 0.221 e. The molecule has 4 aliphatic rings. The van der Waals surface area contributed by atoms with E-state index < -0.39 is 0 Å². The Morgan fingerprint density at radius 2 is 1.55 bits per heavy atom. The molecular formula is C27H32N2O4. The average molecular weight is 449 g/mol. The summed E-state index contributed by atoms with van der Waals surface area (Å²) in [7, 11) is 0. The van der Waals surface area contributed by atoms with E-state index in [1.54, 1.807) is 0 Å². The van der Waals surface area contributed by atoms with Gasteiger partial charge < -0.3 is 20.5 Å². The number of nitrogens with two attached hydrogens (primary N) is 1. The summed E-state index contributed by atoms with van der Waals surface area (Å²) in [5.41, 5.74) is 10.7. The fourth-order valence-electron chi connectivity index (χ4n) is 5.27. The second-order valence-electron chi connectivity index (χ2n) is 9.46. The van der Waals surface area contributed by atoms with Crippen molar-refractivity contribution in [2.24, 2.45) is 17.6 Å². The molecule has 0 spiro atoms. The first-order valence-corrected chi connectivity index (χ1v) is 12.1. The molecular weight excluding hydrogens is 416 g/mol. The Morgan fingerprint density at radius 3 is 2.09 bits per heavy atom. The molecule has 2 fully saturated rings. The van der Waals surface area contributed by atoms with Gasteiger partial charge >= 0.3 is 0 Å². The number of amides is 2. The van der Waals surface area contributed by atoms with Gasteiger partial charge in [-0.2, -0.15) is 0 Å². The average Bonchev–Trinajstić information content (AvgIpc) is 3.68. The molecule has 174 valence electrons. The van der Waals surface area contributed by atoms with Crippen molar-refractivity contribution in [3.8, 4) is 11.5 Å². The lowest BCUT2D eigenvalue weighted by molar-refractivity contribution is -0.121. The molecule has 0 saturated heterocycles. The van der Waals surface area contributed by atoms with Gasteiger partial charge in [-0.15, -0.1) is 0 Å². The number of rotatable bonds is 6. The second-order valence-corrected chi connectivity index (χ2v) is 9.46. The summed E-state index contributed by atoms with van der Waals surface area (Å²) in [5.74, 6) is 3.68. The summed E-state index contributed by atoms with van der Waals surface area (Å²) in [6, 6.07) is 12.5. The van der Waals surface area contributed by atoms with E-state index in [-0.39, 0.29) is 17.7 Å². The molecule has 2 unspecified atom stereocenters. The molecule has 6 rings (SSSR count). The predicted octanol–water partition coefficient (Wildman–Crippen LogP) is 3.46. The predicted molar refractivity (Wildman–Crippen MR) is 125 cm³/mol. The monoisotopic (exact) mass is 448 g/mol. The van der Waals surface area contributed by atoms with Gasteiger partial charge in [-0.05, 0) is 53.9 Å². The van der Waals surface area contributed by atoms with Gasteiger partial charge in [0.1, 0.15) is 11.5 Å². The van der Waals surface area contributed by atoms with Crippen molar-refractivity contribution in [1.82, 2.24) is 5.32 Å². The summed E-state index contributed by atoms with van der Waals surface area (Å²) in [5, 5.41) is 2.99. The quantitative estimate of drug-likeness (QED) is 0.708. The number of benzene rings is 2. The van der Waals surface area contributed by atoms with Gasteiger partial charge in [0.2, 0.25) is 11.8 Å². The molecule has 2 saturated carbocycles. The Balaban J connectivity index is 0.000000140. The molecule has 2 heterocycles. The number of hydrogen-bond acceptors (Lipinski definition) is 4. The zero-order valence-corrected chi connectivity index (χ0v) is 19.1. The fraction of sp³-hybridized carbons (Fsp3) is 0.481. The molecule has 2 amide bonds. The third kappa shape index (κ3) is 4.56. The highest BCUT2D eigenvalue weighted by Crippen LogP contribution is 2.51. The van der Waals surface area contributed by atoms with Crippen LogP contribution >= 0.6 is 0 Å².